The molecule has 25 heavy (non-hydrogen) atoms. The van der Waals surface area contributed by atoms with E-state index in [0.29, 0.717) is 11.7 Å². The average molecular weight is 342 g/mol. The standard InChI is InChI=1S/C18H22N4O3/c1-12(2)17(18-20-13(3)22-25-18)21-16(24)11-19-15(23)10-9-14-7-5-4-6-8-14/h4-10,12,17H,11H2,1-3H3,(H,19,23)(H,21,24)/b10-9+. The first-order valence-electron chi connectivity index (χ1n) is 8.06. The van der Waals surface area contributed by atoms with Gasteiger partial charge < -0.3 is 15.2 Å². The van der Waals surface area contributed by atoms with Gasteiger partial charge in [0.05, 0.1) is 6.54 Å². The number of hydrogen-bond acceptors (Lipinski definition) is 5. The van der Waals surface area contributed by atoms with Gasteiger partial charge in [-0.3, -0.25) is 9.59 Å². The Kier molecular flexibility index (Phi) is 6.45. The monoisotopic (exact) mass is 342 g/mol. The van der Waals surface area contributed by atoms with Gasteiger partial charge in [0.1, 0.15) is 6.04 Å². The van der Waals surface area contributed by atoms with Crippen LogP contribution in [0, 0.1) is 12.8 Å². The molecule has 1 aromatic carbocycles. The fourth-order valence-corrected chi connectivity index (χ4v) is 2.14. The molecule has 0 fully saturated rings. The number of nitrogens with one attached hydrogen (secondary N) is 2. The maximum atomic E-state index is 12.1. The molecule has 132 valence electrons. The van der Waals surface area contributed by atoms with Crippen molar-refractivity contribution in [1.29, 1.82) is 0 Å². The Labute approximate surface area is 146 Å². The summed E-state index contributed by atoms with van der Waals surface area (Å²) in [5.74, 6) is 0.271. The highest BCUT2D eigenvalue weighted by atomic mass is 16.5. The van der Waals surface area contributed by atoms with Crippen LogP contribution in [0.25, 0.3) is 6.08 Å². The lowest BCUT2D eigenvalue weighted by molar-refractivity contribution is -0.124. The van der Waals surface area contributed by atoms with Crippen LogP contribution in [0.1, 0.15) is 37.2 Å². The van der Waals surface area contributed by atoms with Gasteiger partial charge in [-0.15, -0.1) is 0 Å². The van der Waals surface area contributed by atoms with E-state index >= 15 is 0 Å². The molecule has 2 amide bonds. The molecule has 0 spiro atoms. The van der Waals surface area contributed by atoms with Gasteiger partial charge in [0.25, 0.3) is 0 Å². The molecule has 0 aliphatic heterocycles. The molecule has 1 aromatic heterocycles. The van der Waals surface area contributed by atoms with Crippen LogP contribution in [0.15, 0.2) is 40.9 Å². The predicted octanol–water partition coefficient (Wildman–Crippen LogP) is 2.02. The first-order chi connectivity index (χ1) is 12.0. The quantitative estimate of drug-likeness (QED) is 0.750. The van der Waals surface area contributed by atoms with E-state index in [0.717, 1.165) is 5.56 Å². The zero-order chi connectivity index (χ0) is 18.2. The Balaban J connectivity index is 1.84. The molecule has 1 atom stereocenters. The van der Waals surface area contributed by atoms with E-state index in [1.165, 1.54) is 6.08 Å². The molecule has 2 N–H and O–H groups in total. The Morgan fingerprint density at radius 1 is 1.24 bits per heavy atom. The lowest BCUT2D eigenvalue weighted by Gasteiger charge is -2.18. The van der Waals surface area contributed by atoms with Crippen molar-refractivity contribution in [1.82, 2.24) is 20.8 Å². The Bertz CT molecular complexity index is 738. The lowest BCUT2D eigenvalue weighted by atomic mass is 10.0. The number of amides is 2. The van der Waals surface area contributed by atoms with Crippen molar-refractivity contribution in [2.45, 2.75) is 26.8 Å². The molecular weight excluding hydrogens is 320 g/mol. The maximum Gasteiger partial charge on any atom is 0.249 e. The third kappa shape index (κ3) is 5.87. The summed E-state index contributed by atoms with van der Waals surface area (Å²) in [6, 6.07) is 9.04. The summed E-state index contributed by atoms with van der Waals surface area (Å²) < 4.78 is 5.13. The minimum absolute atomic E-state index is 0.0671. The predicted molar refractivity (Wildman–Crippen MR) is 93.2 cm³/mol. The molecule has 7 heteroatoms. The molecule has 1 unspecified atom stereocenters. The van der Waals surface area contributed by atoms with Crippen molar-refractivity contribution in [3.63, 3.8) is 0 Å². The summed E-state index contributed by atoms with van der Waals surface area (Å²) in [5, 5.41) is 9.09. The van der Waals surface area contributed by atoms with E-state index in [9.17, 15) is 9.59 Å². The Morgan fingerprint density at radius 2 is 1.96 bits per heavy atom. The summed E-state index contributed by atoms with van der Waals surface area (Å²) in [4.78, 5) is 28.0. The third-order valence-corrected chi connectivity index (χ3v) is 3.44. The van der Waals surface area contributed by atoms with Gasteiger partial charge in [-0.05, 0) is 24.5 Å². The van der Waals surface area contributed by atoms with Crippen LogP contribution >= 0.6 is 0 Å². The highest BCUT2D eigenvalue weighted by Gasteiger charge is 2.23. The topological polar surface area (TPSA) is 97.1 Å². The van der Waals surface area contributed by atoms with Gasteiger partial charge in [-0.25, -0.2) is 0 Å². The normalized spacial score (nSPS) is 12.3. The van der Waals surface area contributed by atoms with Crippen LogP contribution in [0.4, 0.5) is 0 Å². The van der Waals surface area contributed by atoms with E-state index in [-0.39, 0.29) is 24.3 Å². The van der Waals surface area contributed by atoms with Crippen molar-refractivity contribution in [3.8, 4) is 0 Å². The van der Waals surface area contributed by atoms with Gasteiger partial charge in [-0.2, -0.15) is 4.98 Å². The van der Waals surface area contributed by atoms with Gasteiger partial charge in [0.15, 0.2) is 5.82 Å². The van der Waals surface area contributed by atoms with Crippen LogP contribution in [-0.2, 0) is 9.59 Å². The molecular formula is C18H22N4O3. The smallest absolute Gasteiger partial charge is 0.249 e. The Hall–Kier alpha value is -2.96. The number of nitrogens with zero attached hydrogens (tertiary/aromatic N) is 2. The second-order valence-electron chi connectivity index (χ2n) is 5.93. The molecule has 0 aliphatic rings. The van der Waals surface area contributed by atoms with Crippen molar-refractivity contribution in [2.24, 2.45) is 5.92 Å². The van der Waals surface area contributed by atoms with E-state index in [4.69, 9.17) is 4.52 Å². The maximum absolute atomic E-state index is 12.1. The minimum atomic E-state index is -0.398. The van der Waals surface area contributed by atoms with Crippen LogP contribution in [0.3, 0.4) is 0 Å². The van der Waals surface area contributed by atoms with Gasteiger partial charge >= 0.3 is 0 Å². The summed E-state index contributed by atoms with van der Waals surface area (Å²) >= 11 is 0. The highest BCUT2D eigenvalue weighted by Crippen LogP contribution is 2.19. The number of aromatic nitrogens is 2. The molecule has 0 bridgehead atoms. The fraction of sp³-hybridized carbons (Fsp3) is 0.333. The first-order valence-corrected chi connectivity index (χ1v) is 8.06. The zero-order valence-corrected chi connectivity index (χ0v) is 14.5. The fourth-order valence-electron chi connectivity index (χ4n) is 2.14. The number of rotatable bonds is 7. The van der Waals surface area contributed by atoms with Crippen LogP contribution in [0.2, 0.25) is 0 Å². The highest BCUT2D eigenvalue weighted by molar-refractivity contribution is 5.94. The van der Waals surface area contributed by atoms with E-state index in [2.05, 4.69) is 20.8 Å². The number of carbonyl (C=O) groups excluding carboxylic acids is 2. The minimum Gasteiger partial charge on any atom is -0.343 e. The zero-order valence-electron chi connectivity index (χ0n) is 14.5. The van der Waals surface area contributed by atoms with Crippen molar-refractivity contribution < 1.29 is 14.1 Å². The van der Waals surface area contributed by atoms with Crippen molar-refractivity contribution in [2.75, 3.05) is 6.54 Å². The largest absolute Gasteiger partial charge is 0.343 e. The molecule has 2 rings (SSSR count). The second kappa shape index (κ2) is 8.77. The number of aryl methyl sites for hydroxylation is 1. The molecule has 0 saturated heterocycles. The van der Waals surface area contributed by atoms with Gasteiger partial charge in [0, 0.05) is 6.08 Å². The van der Waals surface area contributed by atoms with Crippen molar-refractivity contribution >= 4 is 17.9 Å². The third-order valence-electron chi connectivity index (χ3n) is 3.44. The summed E-state index contributed by atoms with van der Waals surface area (Å²) in [6.45, 7) is 5.46. The van der Waals surface area contributed by atoms with Crippen molar-refractivity contribution in [3.05, 3.63) is 53.7 Å². The summed E-state index contributed by atoms with van der Waals surface area (Å²) in [7, 11) is 0. The molecule has 2 aromatic rings. The summed E-state index contributed by atoms with van der Waals surface area (Å²) in [5.41, 5.74) is 0.911. The van der Waals surface area contributed by atoms with Crippen LogP contribution in [-0.4, -0.2) is 28.5 Å². The van der Waals surface area contributed by atoms with Gasteiger partial charge in [-0.1, -0.05) is 49.3 Å². The SMILES string of the molecule is Cc1noc(C(NC(=O)CNC(=O)/C=C/c2ccccc2)C(C)C)n1. The second-order valence-corrected chi connectivity index (χ2v) is 5.93. The number of hydrogen-bond donors (Lipinski definition) is 2. The van der Waals surface area contributed by atoms with E-state index in [1.54, 1.807) is 13.0 Å². The Morgan fingerprint density at radius 3 is 2.56 bits per heavy atom. The lowest BCUT2D eigenvalue weighted by Crippen LogP contribution is -2.39. The number of carbonyl (C=O) groups is 2. The molecule has 1 heterocycles. The summed E-state index contributed by atoms with van der Waals surface area (Å²) in [6.07, 6.45) is 3.08. The molecule has 0 saturated carbocycles. The van der Waals surface area contributed by atoms with Crippen LogP contribution in [0.5, 0.6) is 0 Å². The molecule has 0 aliphatic carbocycles. The number of benzene rings is 1. The van der Waals surface area contributed by atoms with E-state index < -0.39 is 6.04 Å². The van der Waals surface area contributed by atoms with Gasteiger partial charge in [0.2, 0.25) is 17.7 Å². The van der Waals surface area contributed by atoms with E-state index in [1.807, 2.05) is 44.2 Å². The first kappa shape index (κ1) is 18.4. The average Bonchev–Trinajstić information content (AvgIpc) is 3.02. The molecule has 0 radical (unpaired) electrons. The molecule has 7 nitrogen and oxygen atoms in total. The van der Waals surface area contributed by atoms with Crippen LogP contribution < -0.4 is 10.6 Å².